The van der Waals surface area contributed by atoms with Gasteiger partial charge in [-0.25, -0.2) is 0 Å². The number of fused-ring (bicyclic) bond motifs is 1. The van der Waals surface area contributed by atoms with Crippen molar-refractivity contribution in [3.63, 3.8) is 0 Å². The molecule has 218 valence electrons. The number of nitrogens with one attached hydrogen (secondary N) is 2. The summed E-state index contributed by atoms with van der Waals surface area (Å²) in [5, 5.41) is 6.37. The summed E-state index contributed by atoms with van der Waals surface area (Å²) in [6, 6.07) is 13.9. The average Bonchev–Trinajstić information content (AvgIpc) is 2.99. The van der Waals surface area contributed by atoms with Gasteiger partial charge < -0.3 is 24.8 Å². The van der Waals surface area contributed by atoms with Gasteiger partial charge in [0.05, 0.1) is 5.41 Å². The topological polar surface area (TPSA) is 110 Å². The fourth-order valence-electron chi connectivity index (χ4n) is 6.23. The minimum absolute atomic E-state index is 0.0102. The summed E-state index contributed by atoms with van der Waals surface area (Å²) in [5.41, 5.74) is 0.258. The number of benzene rings is 1. The number of pyridine rings is 1. The number of carbonyl (C=O) groups is 3. The number of aromatic nitrogens is 1. The normalized spacial score (nSPS) is 25.7. The number of piperidine rings is 1. The maximum absolute atomic E-state index is 13.7. The first-order valence-electron chi connectivity index (χ1n) is 14.7. The number of likely N-dealkylation sites (tertiary alicyclic amines) is 1. The lowest BCUT2D eigenvalue weighted by atomic mass is 9.75. The molecule has 5 rings (SSSR count). The predicted molar refractivity (Wildman–Crippen MR) is 155 cm³/mol. The highest BCUT2D eigenvalue weighted by atomic mass is 16.5. The van der Waals surface area contributed by atoms with Crippen LogP contribution in [-0.2, 0) is 32.1 Å². The largest absolute Gasteiger partial charge is 0.381 e. The maximum atomic E-state index is 13.7. The summed E-state index contributed by atoms with van der Waals surface area (Å²) in [5.74, 6) is -0.217. The zero-order chi connectivity index (χ0) is 28.7. The van der Waals surface area contributed by atoms with E-state index in [-0.39, 0.29) is 41.7 Å². The molecule has 2 aromatic rings. The van der Waals surface area contributed by atoms with Crippen LogP contribution in [0.3, 0.4) is 0 Å². The average molecular weight is 561 g/mol. The summed E-state index contributed by atoms with van der Waals surface area (Å²) in [6.45, 7) is 2.45. The molecule has 0 bridgehead atoms. The van der Waals surface area contributed by atoms with Crippen LogP contribution in [0.25, 0.3) is 0 Å². The van der Waals surface area contributed by atoms with E-state index in [2.05, 4.69) is 22.8 Å². The van der Waals surface area contributed by atoms with E-state index in [0.29, 0.717) is 71.4 Å². The smallest absolute Gasteiger partial charge is 0.250 e. The van der Waals surface area contributed by atoms with E-state index in [1.54, 1.807) is 22.9 Å². The Labute approximate surface area is 240 Å². The van der Waals surface area contributed by atoms with Gasteiger partial charge in [-0.1, -0.05) is 48.6 Å². The molecule has 0 radical (unpaired) electrons. The number of carbonyl (C=O) groups excluding carboxylic acids is 3. The molecule has 1 aromatic carbocycles. The predicted octanol–water partition coefficient (Wildman–Crippen LogP) is 2.45. The zero-order valence-electron chi connectivity index (χ0n) is 23.5. The van der Waals surface area contributed by atoms with Crippen LogP contribution in [0, 0.1) is 11.3 Å². The number of rotatable bonds is 5. The Hall–Kier alpha value is -3.72. The molecule has 9 heteroatoms. The van der Waals surface area contributed by atoms with Gasteiger partial charge in [0.15, 0.2) is 0 Å². The van der Waals surface area contributed by atoms with E-state index in [4.69, 9.17) is 4.74 Å². The SMILES string of the molecule is O=C1N[C@H]2CCN(C(=O)CCn3ccccc3=O)C[C@H]2C/C=C/CC2(CCOCC2)C(=O)N[C@@H]1Cc1ccccc1. The first kappa shape index (κ1) is 28.8. The molecule has 2 fully saturated rings. The molecule has 1 spiro atoms. The van der Waals surface area contributed by atoms with Crippen LogP contribution in [-0.4, -0.2) is 65.6 Å². The molecule has 0 saturated carbocycles. The van der Waals surface area contributed by atoms with E-state index in [0.717, 1.165) is 5.56 Å². The van der Waals surface area contributed by atoms with Crippen molar-refractivity contribution in [2.75, 3.05) is 26.3 Å². The first-order valence-corrected chi connectivity index (χ1v) is 14.7. The van der Waals surface area contributed by atoms with Gasteiger partial charge in [0.25, 0.3) is 5.56 Å². The van der Waals surface area contributed by atoms with Gasteiger partial charge in [-0.3, -0.25) is 19.2 Å². The molecule has 2 N–H and O–H groups in total. The Morgan fingerprint density at radius 1 is 0.976 bits per heavy atom. The van der Waals surface area contributed by atoms with Crippen LogP contribution in [0.4, 0.5) is 0 Å². The fraction of sp³-hybridized carbons (Fsp3) is 0.500. The molecule has 1 aromatic heterocycles. The van der Waals surface area contributed by atoms with Crippen molar-refractivity contribution in [3.8, 4) is 0 Å². The van der Waals surface area contributed by atoms with Crippen LogP contribution in [0.2, 0.25) is 0 Å². The van der Waals surface area contributed by atoms with E-state index in [9.17, 15) is 19.2 Å². The lowest BCUT2D eigenvalue weighted by Crippen LogP contribution is -2.58. The molecule has 3 atom stereocenters. The van der Waals surface area contributed by atoms with Crippen molar-refractivity contribution >= 4 is 17.7 Å². The molecule has 0 unspecified atom stereocenters. The first-order chi connectivity index (χ1) is 19.9. The van der Waals surface area contributed by atoms with Gasteiger partial charge in [0, 0.05) is 69.9 Å². The van der Waals surface area contributed by atoms with Crippen LogP contribution in [0.1, 0.15) is 44.1 Å². The molecule has 41 heavy (non-hydrogen) atoms. The maximum Gasteiger partial charge on any atom is 0.250 e. The highest BCUT2D eigenvalue weighted by molar-refractivity contribution is 5.90. The Balaban J connectivity index is 1.33. The molecule has 3 amide bonds. The number of hydrogen-bond donors (Lipinski definition) is 2. The molecule has 2 saturated heterocycles. The number of ether oxygens (including phenoxy) is 1. The van der Waals surface area contributed by atoms with Gasteiger partial charge in [0.1, 0.15) is 6.04 Å². The van der Waals surface area contributed by atoms with Crippen molar-refractivity contribution in [1.29, 1.82) is 0 Å². The minimum atomic E-state index is -0.697. The molecule has 3 aliphatic heterocycles. The monoisotopic (exact) mass is 560 g/mol. The number of aryl methyl sites for hydroxylation is 1. The highest BCUT2D eigenvalue weighted by Gasteiger charge is 2.41. The number of hydrogen-bond acceptors (Lipinski definition) is 5. The van der Waals surface area contributed by atoms with E-state index in [1.807, 2.05) is 35.2 Å². The van der Waals surface area contributed by atoms with Crippen LogP contribution in [0.5, 0.6) is 0 Å². The third-order valence-corrected chi connectivity index (χ3v) is 8.83. The van der Waals surface area contributed by atoms with Crippen LogP contribution < -0.4 is 16.2 Å². The second-order valence-corrected chi connectivity index (χ2v) is 11.5. The second kappa shape index (κ2) is 13.3. The Morgan fingerprint density at radius 2 is 1.76 bits per heavy atom. The third kappa shape index (κ3) is 7.14. The van der Waals surface area contributed by atoms with Gasteiger partial charge in [-0.2, -0.15) is 0 Å². The lowest BCUT2D eigenvalue weighted by Gasteiger charge is -2.40. The quantitative estimate of drug-likeness (QED) is 0.546. The zero-order valence-corrected chi connectivity index (χ0v) is 23.5. The van der Waals surface area contributed by atoms with Gasteiger partial charge in [0.2, 0.25) is 17.7 Å². The summed E-state index contributed by atoms with van der Waals surface area (Å²) in [7, 11) is 0. The molecular formula is C32H40N4O5. The Kier molecular flexibility index (Phi) is 9.34. The van der Waals surface area contributed by atoms with E-state index in [1.165, 1.54) is 6.07 Å². The number of nitrogens with zero attached hydrogens (tertiary/aromatic N) is 2. The minimum Gasteiger partial charge on any atom is -0.381 e. The summed E-state index contributed by atoms with van der Waals surface area (Å²) >= 11 is 0. The van der Waals surface area contributed by atoms with Crippen LogP contribution >= 0.6 is 0 Å². The van der Waals surface area contributed by atoms with Crippen molar-refractivity contribution in [1.82, 2.24) is 20.1 Å². The highest BCUT2D eigenvalue weighted by Crippen LogP contribution is 2.36. The molecule has 9 nitrogen and oxygen atoms in total. The lowest BCUT2D eigenvalue weighted by molar-refractivity contribution is -0.140. The van der Waals surface area contributed by atoms with Crippen LogP contribution in [0.15, 0.2) is 71.7 Å². The van der Waals surface area contributed by atoms with Crippen molar-refractivity contribution in [3.05, 3.63) is 82.8 Å². The summed E-state index contributed by atoms with van der Waals surface area (Å²) < 4.78 is 7.13. The van der Waals surface area contributed by atoms with Crippen molar-refractivity contribution < 1.29 is 19.1 Å². The van der Waals surface area contributed by atoms with Gasteiger partial charge in [-0.15, -0.1) is 0 Å². The van der Waals surface area contributed by atoms with Crippen molar-refractivity contribution in [2.24, 2.45) is 11.3 Å². The molecule has 3 aliphatic rings. The van der Waals surface area contributed by atoms with Gasteiger partial charge >= 0.3 is 0 Å². The molecular weight excluding hydrogens is 520 g/mol. The number of amides is 3. The molecule has 0 aliphatic carbocycles. The fourth-order valence-corrected chi connectivity index (χ4v) is 6.23. The number of allylic oxidation sites excluding steroid dienone is 2. The van der Waals surface area contributed by atoms with Gasteiger partial charge in [-0.05, 0) is 43.7 Å². The standard InChI is InChI=1S/C32H40N4O5/c37-28-11-5-7-17-35(28)19-13-29(38)36-18-12-26-25(23-36)10-4-6-14-32(15-20-41-21-16-32)31(40)34-27(30(39)33-26)22-24-8-2-1-3-9-24/h1-9,11,17,25-27H,10,12-16,18-23H2,(H,33,39)(H,34,40)/b6-4+/t25-,26+,27-/m1/s1. The third-order valence-electron chi connectivity index (χ3n) is 8.83. The van der Waals surface area contributed by atoms with Crippen molar-refractivity contribution in [2.45, 2.75) is 63.6 Å². The Morgan fingerprint density at radius 3 is 2.54 bits per heavy atom. The van der Waals surface area contributed by atoms with E-state index < -0.39 is 11.5 Å². The second-order valence-electron chi connectivity index (χ2n) is 11.5. The Bertz CT molecular complexity index is 1300. The molecule has 4 heterocycles. The summed E-state index contributed by atoms with van der Waals surface area (Å²) in [4.78, 5) is 54.5. The van der Waals surface area contributed by atoms with E-state index >= 15 is 0 Å². The summed E-state index contributed by atoms with van der Waals surface area (Å²) in [6.07, 6.45) is 9.71.